The van der Waals surface area contributed by atoms with Gasteiger partial charge in [-0.3, -0.25) is 0 Å². The lowest BCUT2D eigenvalue weighted by atomic mass is 10.2. The number of aromatic nitrogens is 1. The predicted octanol–water partition coefficient (Wildman–Crippen LogP) is 4.42. The zero-order valence-electron chi connectivity index (χ0n) is 9.20. The van der Waals surface area contributed by atoms with Gasteiger partial charge < -0.3 is 10.4 Å². The molecule has 2 aromatic rings. The minimum Gasteiger partial charge on any atom is -0.478 e. The van der Waals surface area contributed by atoms with Gasteiger partial charge in [0.15, 0.2) is 0 Å². The molecule has 0 fully saturated rings. The number of halogens is 2. The normalized spacial score (nSPS) is 10.4. The van der Waals surface area contributed by atoms with Crippen LogP contribution in [-0.4, -0.2) is 15.4 Å². The molecule has 0 spiro atoms. The standard InChI is InChI=1S/C11H8Br2N2O2S/c1-5-9(11(16)17)10(18-15-5)14-8-4-6(12)2-3-7(8)13/h2-4,14H,1H3,(H,16,17). The van der Waals surface area contributed by atoms with E-state index in [1.54, 1.807) is 6.92 Å². The van der Waals surface area contributed by atoms with Crippen molar-refractivity contribution in [2.24, 2.45) is 0 Å². The summed E-state index contributed by atoms with van der Waals surface area (Å²) in [4.78, 5) is 11.2. The molecule has 0 aliphatic rings. The van der Waals surface area contributed by atoms with E-state index in [1.807, 2.05) is 18.2 Å². The van der Waals surface area contributed by atoms with Crippen LogP contribution in [-0.2, 0) is 0 Å². The van der Waals surface area contributed by atoms with E-state index >= 15 is 0 Å². The Morgan fingerprint density at radius 2 is 2.17 bits per heavy atom. The molecule has 1 aromatic carbocycles. The van der Waals surface area contributed by atoms with Gasteiger partial charge in [-0.15, -0.1) is 0 Å². The summed E-state index contributed by atoms with van der Waals surface area (Å²) in [5.41, 5.74) is 1.52. The van der Waals surface area contributed by atoms with Gasteiger partial charge in [0.25, 0.3) is 0 Å². The fraction of sp³-hybridized carbons (Fsp3) is 0.0909. The molecule has 18 heavy (non-hydrogen) atoms. The number of carboxylic acid groups (broad SMARTS) is 1. The summed E-state index contributed by atoms with van der Waals surface area (Å²) >= 11 is 7.92. The number of rotatable bonds is 3. The van der Waals surface area contributed by atoms with E-state index < -0.39 is 5.97 Å². The van der Waals surface area contributed by atoms with Crippen molar-refractivity contribution in [2.75, 3.05) is 5.32 Å². The Bertz CT molecular complexity index is 613. The summed E-state index contributed by atoms with van der Waals surface area (Å²) in [6.07, 6.45) is 0. The number of carboxylic acids is 1. The number of aromatic carboxylic acids is 1. The lowest BCUT2D eigenvalue weighted by Gasteiger charge is -2.07. The Hall–Kier alpha value is -0.920. The first-order valence-electron chi connectivity index (χ1n) is 4.90. The highest BCUT2D eigenvalue weighted by molar-refractivity contribution is 9.11. The van der Waals surface area contributed by atoms with Crippen LogP contribution in [0.25, 0.3) is 0 Å². The Morgan fingerprint density at radius 1 is 1.44 bits per heavy atom. The lowest BCUT2D eigenvalue weighted by Crippen LogP contribution is -2.01. The quantitative estimate of drug-likeness (QED) is 0.812. The number of anilines is 2. The second kappa shape index (κ2) is 5.38. The molecule has 0 atom stereocenters. The first-order valence-corrected chi connectivity index (χ1v) is 7.26. The summed E-state index contributed by atoms with van der Waals surface area (Å²) in [5, 5.41) is 12.8. The predicted molar refractivity (Wildman–Crippen MR) is 78.9 cm³/mol. The second-order valence-corrected chi connectivity index (χ2v) is 6.07. The Balaban J connectivity index is 2.40. The number of hydrogen-bond acceptors (Lipinski definition) is 4. The summed E-state index contributed by atoms with van der Waals surface area (Å²) < 4.78 is 5.82. The van der Waals surface area contributed by atoms with Crippen LogP contribution in [0, 0.1) is 6.92 Å². The minimum atomic E-state index is -0.977. The molecule has 1 aromatic heterocycles. The van der Waals surface area contributed by atoms with Gasteiger partial charge in [-0.2, -0.15) is 4.37 Å². The number of carbonyl (C=O) groups is 1. The van der Waals surface area contributed by atoms with Gasteiger partial charge in [0.05, 0.1) is 11.4 Å². The smallest absolute Gasteiger partial charge is 0.340 e. The monoisotopic (exact) mass is 390 g/mol. The lowest BCUT2D eigenvalue weighted by molar-refractivity contribution is 0.0697. The molecule has 0 bridgehead atoms. The van der Waals surface area contributed by atoms with Crippen molar-refractivity contribution < 1.29 is 9.90 Å². The maximum Gasteiger partial charge on any atom is 0.340 e. The molecule has 94 valence electrons. The van der Waals surface area contributed by atoms with E-state index in [1.165, 1.54) is 0 Å². The number of aryl methyl sites for hydroxylation is 1. The van der Waals surface area contributed by atoms with Crippen molar-refractivity contribution >= 4 is 60.1 Å². The van der Waals surface area contributed by atoms with E-state index in [-0.39, 0.29) is 5.56 Å². The van der Waals surface area contributed by atoms with Crippen LogP contribution in [0.4, 0.5) is 10.7 Å². The van der Waals surface area contributed by atoms with Crippen molar-refractivity contribution in [3.8, 4) is 0 Å². The third kappa shape index (κ3) is 2.73. The molecule has 0 unspecified atom stereocenters. The van der Waals surface area contributed by atoms with Gasteiger partial charge in [0.2, 0.25) is 0 Å². The van der Waals surface area contributed by atoms with Gasteiger partial charge in [-0.05, 0) is 52.6 Å². The highest BCUT2D eigenvalue weighted by Gasteiger charge is 2.18. The summed E-state index contributed by atoms with van der Waals surface area (Å²) in [7, 11) is 0. The number of benzene rings is 1. The molecule has 4 nitrogen and oxygen atoms in total. The Morgan fingerprint density at radius 3 is 2.83 bits per heavy atom. The largest absolute Gasteiger partial charge is 0.478 e. The van der Waals surface area contributed by atoms with E-state index in [4.69, 9.17) is 5.11 Å². The summed E-state index contributed by atoms with van der Waals surface area (Å²) in [5.74, 6) is -0.977. The SMILES string of the molecule is Cc1nsc(Nc2cc(Br)ccc2Br)c1C(=O)O. The van der Waals surface area contributed by atoms with Gasteiger partial charge >= 0.3 is 5.97 Å². The van der Waals surface area contributed by atoms with Gasteiger partial charge in [-0.25, -0.2) is 4.79 Å². The van der Waals surface area contributed by atoms with Crippen molar-refractivity contribution in [3.63, 3.8) is 0 Å². The summed E-state index contributed by atoms with van der Waals surface area (Å²) in [6.45, 7) is 1.68. The Labute approximate surface area is 124 Å². The molecule has 7 heteroatoms. The molecular formula is C11H8Br2N2O2S. The average Bonchev–Trinajstić information content (AvgIpc) is 2.65. The van der Waals surface area contributed by atoms with Crippen LogP contribution >= 0.6 is 43.4 Å². The summed E-state index contributed by atoms with van der Waals surface area (Å²) in [6, 6.07) is 5.64. The molecule has 0 aliphatic heterocycles. The maximum absolute atomic E-state index is 11.2. The molecule has 0 aliphatic carbocycles. The Kier molecular flexibility index (Phi) is 4.04. The average molecular weight is 392 g/mol. The van der Waals surface area contributed by atoms with Crippen LogP contribution in [0.5, 0.6) is 0 Å². The van der Waals surface area contributed by atoms with Crippen LogP contribution in [0.15, 0.2) is 27.1 Å². The zero-order valence-corrected chi connectivity index (χ0v) is 13.2. The molecule has 0 radical (unpaired) electrons. The first-order chi connectivity index (χ1) is 8.49. The highest BCUT2D eigenvalue weighted by Crippen LogP contribution is 2.33. The van der Waals surface area contributed by atoms with Crippen LogP contribution in [0.1, 0.15) is 16.1 Å². The van der Waals surface area contributed by atoms with Crippen molar-refractivity contribution in [1.82, 2.24) is 4.37 Å². The fourth-order valence-corrected chi connectivity index (χ4v) is 2.93. The maximum atomic E-state index is 11.2. The first kappa shape index (κ1) is 13.5. The van der Waals surface area contributed by atoms with Crippen LogP contribution < -0.4 is 5.32 Å². The third-order valence-corrected chi connectivity index (χ3v) is 4.29. The number of nitrogens with one attached hydrogen (secondary N) is 1. The zero-order chi connectivity index (χ0) is 13.3. The van der Waals surface area contributed by atoms with Crippen LogP contribution in [0.2, 0.25) is 0 Å². The molecule has 2 N–H and O–H groups in total. The molecule has 0 saturated carbocycles. The highest BCUT2D eigenvalue weighted by atomic mass is 79.9. The van der Waals surface area contributed by atoms with E-state index in [0.29, 0.717) is 10.7 Å². The molecule has 0 amide bonds. The van der Waals surface area contributed by atoms with Gasteiger partial charge in [0, 0.05) is 8.95 Å². The third-order valence-electron chi connectivity index (χ3n) is 2.25. The van der Waals surface area contributed by atoms with Crippen molar-refractivity contribution in [3.05, 3.63) is 38.4 Å². The van der Waals surface area contributed by atoms with Gasteiger partial charge in [0.1, 0.15) is 10.6 Å². The number of nitrogens with zero attached hydrogens (tertiary/aromatic N) is 1. The fourth-order valence-electron chi connectivity index (χ4n) is 1.42. The second-order valence-electron chi connectivity index (χ2n) is 3.53. The van der Waals surface area contributed by atoms with Gasteiger partial charge in [-0.1, -0.05) is 15.9 Å². The van der Waals surface area contributed by atoms with Crippen molar-refractivity contribution in [2.45, 2.75) is 6.92 Å². The van der Waals surface area contributed by atoms with Crippen LogP contribution in [0.3, 0.4) is 0 Å². The number of hydrogen-bond donors (Lipinski definition) is 2. The van der Waals surface area contributed by atoms with Crippen molar-refractivity contribution in [1.29, 1.82) is 0 Å². The molecule has 1 heterocycles. The van der Waals surface area contributed by atoms with E-state index in [9.17, 15) is 4.79 Å². The molecular weight excluding hydrogens is 384 g/mol. The topological polar surface area (TPSA) is 62.2 Å². The molecule has 0 saturated heterocycles. The van der Waals surface area contributed by atoms with E-state index in [0.717, 1.165) is 26.2 Å². The minimum absolute atomic E-state index is 0.215. The van der Waals surface area contributed by atoms with E-state index in [2.05, 4.69) is 41.6 Å². The molecule has 2 rings (SSSR count).